The van der Waals surface area contributed by atoms with Crippen LogP contribution in [-0.2, 0) is 20.4 Å². The van der Waals surface area contributed by atoms with Crippen molar-refractivity contribution < 1.29 is 24.4 Å². The molecule has 4 aromatic rings. The summed E-state index contributed by atoms with van der Waals surface area (Å²) in [5, 5.41) is 24.2. The lowest BCUT2D eigenvalue weighted by Crippen LogP contribution is -2.30. The van der Waals surface area contributed by atoms with Crippen LogP contribution in [0, 0.1) is 0 Å². The first kappa shape index (κ1) is 41.2. The van der Waals surface area contributed by atoms with E-state index in [1.807, 2.05) is 0 Å². The van der Waals surface area contributed by atoms with Crippen molar-refractivity contribution in [2.24, 2.45) is 0 Å². The summed E-state index contributed by atoms with van der Waals surface area (Å²) < 4.78 is 2.45. The van der Waals surface area contributed by atoms with Crippen LogP contribution in [0.5, 0.6) is 0 Å². The Labute approximate surface area is 348 Å². The summed E-state index contributed by atoms with van der Waals surface area (Å²) in [6.45, 7) is 12.3. The summed E-state index contributed by atoms with van der Waals surface area (Å²) in [4.78, 5) is 27.2. The Hall–Kier alpha value is -4.98. The zero-order valence-electron chi connectivity index (χ0n) is 34.7. The predicted molar refractivity (Wildman–Crippen MR) is 239 cm³/mol. The maximum Gasteiger partial charge on any atom is 0.303 e. The number of unbranched alkanes of at least 4 members (excludes halogenated alkanes) is 4. The minimum absolute atomic E-state index is 0.198. The van der Waals surface area contributed by atoms with Crippen LogP contribution in [-0.4, -0.2) is 70.6 Å². The first-order chi connectivity index (χ1) is 27.8. The lowest BCUT2D eigenvalue weighted by atomic mass is 9.79. The smallest absolute Gasteiger partial charge is 0.303 e. The van der Waals surface area contributed by atoms with Crippen molar-refractivity contribution in [1.82, 2.24) is 4.90 Å². The molecule has 58 heavy (non-hydrogen) atoms. The highest BCUT2D eigenvalue weighted by atomic mass is 35.5. The summed E-state index contributed by atoms with van der Waals surface area (Å²) in [6, 6.07) is 26.1. The molecule has 3 aliphatic rings. The molecule has 0 bridgehead atoms. The van der Waals surface area contributed by atoms with Gasteiger partial charge in [-0.15, -0.1) is 0 Å². The molecule has 0 atom stereocenters. The van der Waals surface area contributed by atoms with Crippen LogP contribution in [0.3, 0.4) is 0 Å². The molecule has 4 aromatic carbocycles. The van der Waals surface area contributed by atoms with Crippen molar-refractivity contribution in [1.29, 1.82) is 0 Å². The summed E-state index contributed by atoms with van der Waals surface area (Å²) >= 11 is 7.39. The van der Waals surface area contributed by atoms with Crippen molar-refractivity contribution in [3.63, 3.8) is 0 Å². The second-order valence-corrected chi connectivity index (χ2v) is 17.7. The molecule has 0 saturated carbocycles. The Morgan fingerprint density at radius 2 is 1.34 bits per heavy atom. The summed E-state index contributed by atoms with van der Waals surface area (Å²) in [5.74, 6) is -1.48. The maximum atomic E-state index is 11.2. The van der Waals surface area contributed by atoms with Gasteiger partial charge in [-0.05, 0) is 109 Å². The highest BCUT2D eigenvalue weighted by molar-refractivity contribution is 6.32. The van der Waals surface area contributed by atoms with Crippen molar-refractivity contribution >= 4 is 62.2 Å². The van der Waals surface area contributed by atoms with Crippen LogP contribution < -0.4 is 4.90 Å². The van der Waals surface area contributed by atoms with Crippen LogP contribution in [0.1, 0.15) is 90.2 Å². The van der Waals surface area contributed by atoms with E-state index in [4.69, 9.17) is 11.6 Å². The largest absolute Gasteiger partial charge is 0.481 e. The quantitative estimate of drug-likeness (QED) is 0.0920. The minimum atomic E-state index is -0.741. The third-order valence-electron chi connectivity index (χ3n) is 12.4. The van der Waals surface area contributed by atoms with Crippen LogP contribution in [0.4, 0.5) is 11.4 Å². The number of likely N-dealkylation sites (N-methyl/N-ethyl adjacent to an activating group) is 1. The molecule has 0 aliphatic carbocycles. The second-order valence-electron chi connectivity index (χ2n) is 17.3. The molecule has 0 fully saturated rings. The highest BCUT2D eigenvalue weighted by Crippen LogP contribution is 2.51. The van der Waals surface area contributed by atoms with Gasteiger partial charge in [0.05, 0.1) is 5.41 Å². The molecule has 3 aliphatic heterocycles. The number of carboxylic acids is 2. The van der Waals surface area contributed by atoms with E-state index in [1.54, 1.807) is 0 Å². The molecule has 0 saturated heterocycles. The number of hydrogen-bond acceptors (Lipinski definition) is 4. The molecule has 302 valence electrons. The van der Waals surface area contributed by atoms with Crippen molar-refractivity contribution in [2.75, 3.05) is 38.1 Å². The molecule has 0 amide bonds. The molecule has 0 unspecified atom stereocenters. The van der Waals surface area contributed by atoms with Crippen LogP contribution >= 0.6 is 11.6 Å². The molecule has 7 rings (SSSR count). The number of carbonyl (C=O) groups is 2. The number of halogens is 1. The van der Waals surface area contributed by atoms with Gasteiger partial charge in [0.2, 0.25) is 5.69 Å². The molecule has 3 heterocycles. The predicted octanol–water partition coefficient (Wildman–Crippen LogP) is 11.3. The Kier molecular flexibility index (Phi) is 12.1. The van der Waals surface area contributed by atoms with Gasteiger partial charge < -0.3 is 15.1 Å². The van der Waals surface area contributed by atoms with Gasteiger partial charge in [-0.2, -0.15) is 4.58 Å². The van der Waals surface area contributed by atoms with Gasteiger partial charge in [-0.1, -0.05) is 92.5 Å². The SMILES string of the molecule is CN1CC(/C=C/C2=[N+](CCCCCC(=O)O)c3ccc4ccccc4c3C2(C)C)=C(Cl)C(=C/C=C2/N(CCCCCC(=O)O)c3ccc4ccccc4c3C2(C)C)/C1. The van der Waals surface area contributed by atoms with E-state index < -0.39 is 11.9 Å². The Morgan fingerprint density at radius 3 is 2.02 bits per heavy atom. The third kappa shape index (κ3) is 8.17. The number of carboxylic acid groups (broad SMARTS) is 2. The first-order valence-corrected chi connectivity index (χ1v) is 21.2. The monoisotopic (exact) mass is 798 g/mol. The average Bonchev–Trinajstić information content (AvgIpc) is 3.55. The molecular weight excluding hydrogens is 742 g/mol. The van der Waals surface area contributed by atoms with E-state index in [0.717, 1.165) is 68.0 Å². The fraction of sp³-hybridized carbons (Fsp3) is 0.380. The van der Waals surface area contributed by atoms with Crippen molar-refractivity contribution in [3.05, 3.63) is 130 Å². The van der Waals surface area contributed by atoms with E-state index in [1.165, 1.54) is 55.5 Å². The molecule has 0 aromatic heterocycles. The van der Waals surface area contributed by atoms with Crippen LogP contribution in [0.15, 0.2) is 119 Å². The molecule has 0 spiro atoms. The van der Waals surface area contributed by atoms with E-state index >= 15 is 0 Å². The maximum absolute atomic E-state index is 11.2. The van der Waals surface area contributed by atoms with Gasteiger partial charge >= 0.3 is 11.9 Å². The number of nitrogens with zero attached hydrogens (tertiary/aromatic N) is 3. The molecule has 0 radical (unpaired) electrons. The average molecular weight is 799 g/mol. The number of anilines is 1. The number of allylic oxidation sites excluding steroid dienone is 4. The molecular formula is C50H57ClN3O4+. The Morgan fingerprint density at radius 1 is 0.724 bits per heavy atom. The molecule has 2 N–H and O–H groups in total. The Balaban J connectivity index is 1.23. The normalized spacial score (nSPS) is 19.0. The third-order valence-corrected chi connectivity index (χ3v) is 12.9. The van der Waals surface area contributed by atoms with Gasteiger partial charge in [-0.25, -0.2) is 0 Å². The van der Waals surface area contributed by atoms with Gasteiger partial charge in [0.1, 0.15) is 6.54 Å². The van der Waals surface area contributed by atoms with E-state index in [9.17, 15) is 19.8 Å². The Bertz CT molecular complexity index is 2420. The lowest BCUT2D eigenvalue weighted by molar-refractivity contribution is -0.438. The molecule has 7 nitrogen and oxygen atoms in total. The standard InChI is InChI=1S/C50H56ClN3O4/c1-49(2)42(53(30-14-6-8-20-44(55)56)40-26-22-34-16-10-12-18-38(34)46(40)49)28-24-36-32-52(5)33-37(48(36)51)25-29-43-50(3,4)47-39-19-13-11-17-35(39)23-27-41(47)54(43)31-15-7-9-21-45(57)58/h10-13,16-19,22-29H,6-9,14-15,20-21,30-33H2,1-5H3,(H-,55,56,57,58)/p+1. The topological polar surface area (TPSA) is 84.1 Å². The highest BCUT2D eigenvalue weighted by Gasteiger charge is 2.45. The van der Waals surface area contributed by atoms with E-state index in [0.29, 0.717) is 12.8 Å². The number of hydrogen-bond donors (Lipinski definition) is 2. The van der Waals surface area contributed by atoms with Gasteiger partial charge in [-0.3, -0.25) is 14.5 Å². The fourth-order valence-corrected chi connectivity index (χ4v) is 9.84. The number of benzene rings is 4. The van der Waals surface area contributed by atoms with Crippen LogP contribution in [0.25, 0.3) is 21.5 Å². The van der Waals surface area contributed by atoms with E-state index in [2.05, 4.69) is 146 Å². The summed E-state index contributed by atoms with van der Waals surface area (Å²) in [6.07, 6.45) is 14.2. The summed E-state index contributed by atoms with van der Waals surface area (Å²) in [5.41, 5.74) is 9.11. The number of aliphatic carboxylic acids is 2. The zero-order chi connectivity index (χ0) is 41.2. The number of rotatable bonds is 15. The lowest BCUT2D eigenvalue weighted by Gasteiger charge is -2.28. The fourth-order valence-electron chi connectivity index (χ4n) is 9.59. The van der Waals surface area contributed by atoms with Gasteiger partial charge in [0, 0.05) is 78.4 Å². The van der Waals surface area contributed by atoms with Crippen molar-refractivity contribution in [2.45, 2.75) is 89.9 Å². The minimum Gasteiger partial charge on any atom is -0.481 e. The van der Waals surface area contributed by atoms with E-state index in [-0.39, 0.29) is 23.7 Å². The first-order valence-electron chi connectivity index (χ1n) is 20.9. The number of fused-ring (bicyclic) bond motifs is 6. The van der Waals surface area contributed by atoms with Crippen LogP contribution in [0.2, 0.25) is 0 Å². The second kappa shape index (κ2) is 17.1. The van der Waals surface area contributed by atoms with Gasteiger partial charge in [0.25, 0.3) is 0 Å². The summed E-state index contributed by atoms with van der Waals surface area (Å²) in [7, 11) is 2.14. The molecule has 8 heteroatoms. The van der Waals surface area contributed by atoms with Crippen molar-refractivity contribution in [3.8, 4) is 0 Å². The zero-order valence-corrected chi connectivity index (χ0v) is 35.4. The van der Waals surface area contributed by atoms with Gasteiger partial charge in [0.15, 0.2) is 5.71 Å².